The quantitative estimate of drug-likeness (QED) is 0.766. The van der Waals surface area contributed by atoms with Crippen LogP contribution >= 0.6 is 0 Å². The standard InChI is InChI=1S/C15H18N8O/c1-22-14-13(20-21-22)6-10(7-16-14)15(24)19-11-2-4-12(5-3-11)23-8-17-18-9-23/h6-9,11-12H,2-5H2,1H3,(H,19,24). The van der Waals surface area contributed by atoms with Gasteiger partial charge in [-0.15, -0.1) is 15.3 Å². The molecule has 1 aliphatic rings. The SMILES string of the molecule is Cn1nnc2cc(C(=O)NC3CCC(n4cnnc4)CC3)cnc21. The van der Waals surface area contributed by atoms with Crippen LogP contribution in [0.5, 0.6) is 0 Å². The summed E-state index contributed by atoms with van der Waals surface area (Å²) in [6.07, 6.45) is 8.97. The highest BCUT2D eigenvalue weighted by Crippen LogP contribution is 2.28. The van der Waals surface area contributed by atoms with E-state index in [1.165, 1.54) is 0 Å². The molecule has 24 heavy (non-hydrogen) atoms. The van der Waals surface area contributed by atoms with E-state index in [1.807, 2.05) is 4.57 Å². The molecule has 3 aromatic heterocycles. The summed E-state index contributed by atoms with van der Waals surface area (Å²) in [5.41, 5.74) is 1.81. The first-order valence-electron chi connectivity index (χ1n) is 8.01. The van der Waals surface area contributed by atoms with Gasteiger partial charge in [-0.25, -0.2) is 9.67 Å². The van der Waals surface area contributed by atoms with E-state index in [-0.39, 0.29) is 11.9 Å². The third kappa shape index (κ3) is 2.72. The van der Waals surface area contributed by atoms with Gasteiger partial charge in [-0.05, 0) is 31.7 Å². The van der Waals surface area contributed by atoms with Crippen LogP contribution in [0.4, 0.5) is 0 Å². The Balaban J connectivity index is 1.39. The fraction of sp³-hybridized carbons (Fsp3) is 0.467. The Morgan fingerprint density at radius 1 is 1.21 bits per heavy atom. The fourth-order valence-corrected chi connectivity index (χ4v) is 3.23. The molecule has 3 aromatic rings. The van der Waals surface area contributed by atoms with Crippen molar-refractivity contribution >= 4 is 17.1 Å². The highest BCUT2D eigenvalue weighted by atomic mass is 16.1. The predicted molar refractivity (Wildman–Crippen MR) is 85.1 cm³/mol. The molecule has 0 aliphatic heterocycles. The molecule has 0 bridgehead atoms. The number of carbonyl (C=O) groups is 1. The summed E-state index contributed by atoms with van der Waals surface area (Å²) in [5, 5.41) is 18.7. The van der Waals surface area contributed by atoms with Gasteiger partial charge in [0.05, 0.1) is 5.56 Å². The Hall–Kier alpha value is -2.84. The maximum absolute atomic E-state index is 12.4. The van der Waals surface area contributed by atoms with Crippen molar-refractivity contribution in [2.75, 3.05) is 0 Å². The van der Waals surface area contributed by atoms with Crippen LogP contribution in [0.25, 0.3) is 11.2 Å². The van der Waals surface area contributed by atoms with Gasteiger partial charge in [0.25, 0.3) is 5.91 Å². The minimum Gasteiger partial charge on any atom is -0.349 e. The lowest BCUT2D eigenvalue weighted by Crippen LogP contribution is -2.38. The molecule has 1 N–H and O–H groups in total. The highest BCUT2D eigenvalue weighted by molar-refractivity contribution is 5.96. The monoisotopic (exact) mass is 326 g/mol. The van der Waals surface area contributed by atoms with E-state index < -0.39 is 0 Å². The van der Waals surface area contributed by atoms with Gasteiger partial charge < -0.3 is 9.88 Å². The normalized spacial score (nSPS) is 21.0. The van der Waals surface area contributed by atoms with Gasteiger partial charge in [0.15, 0.2) is 5.65 Å². The zero-order valence-corrected chi connectivity index (χ0v) is 13.3. The van der Waals surface area contributed by atoms with Crippen LogP contribution in [0.3, 0.4) is 0 Å². The molecule has 0 atom stereocenters. The van der Waals surface area contributed by atoms with Crippen LogP contribution in [0.15, 0.2) is 24.9 Å². The first-order valence-corrected chi connectivity index (χ1v) is 8.01. The first kappa shape index (κ1) is 14.7. The summed E-state index contributed by atoms with van der Waals surface area (Å²) in [4.78, 5) is 16.7. The van der Waals surface area contributed by atoms with Crippen LogP contribution in [-0.4, -0.2) is 46.7 Å². The van der Waals surface area contributed by atoms with Gasteiger partial charge in [0.1, 0.15) is 18.2 Å². The second-order valence-corrected chi connectivity index (χ2v) is 6.17. The topological polar surface area (TPSA) is 103 Å². The van der Waals surface area contributed by atoms with E-state index in [0.29, 0.717) is 22.8 Å². The van der Waals surface area contributed by atoms with Crippen molar-refractivity contribution in [1.29, 1.82) is 0 Å². The van der Waals surface area contributed by atoms with Crippen LogP contribution < -0.4 is 5.32 Å². The average molecular weight is 326 g/mol. The lowest BCUT2D eigenvalue weighted by Gasteiger charge is -2.29. The minimum absolute atomic E-state index is 0.109. The Bertz CT molecular complexity index is 848. The Kier molecular flexibility index (Phi) is 3.68. The van der Waals surface area contributed by atoms with E-state index in [0.717, 1.165) is 25.7 Å². The zero-order valence-electron chi connectivity index (χ0n) is 13.3. The molecule has 1 saturated carbocycles. The molecule has 3 heterocycles. The molecule has 9 nitrogen and oxygen atoms in total. The summed E-state index contributed by atoms with van der Waals surface area (Å²) in [6.45, 7) is 0. The second-order valence-electron chi connectivity index (χ2n) is 6.17. The van der Waals surface area contributed by atoms with Crippen LogP contribution in [-0.2, 0) is 7.05 Å². The zero-order chi connectivity index (χ0) is 16.5. The number of aryl methyl sites for hydroxylation is 1. The maximum Gasteiger partial charge on any atom is 0.253 e. The van der Waals surface area contributed by atoms with Crippen molar-refractivity contribution < 1.29 is 4.79 Å². The van der Waals surface area contributed by atoms with Crippen molar-refractivity contribution in [3.63, 3.8) is 0 Å². The lowest BCUT2D eigenvalue weighted by molar-refractivity contribution is 0.0922. The lowest BCUT2D eigenvalue weighted by atomic mass is 9.91. The number of nitrogens with one attached hydrogen (secondary N) is 1. The molecule has 1 aliphatic carbocycles. The second kappa shape index (κ2) is 5.99. The van der Waals surface area contributed by atoms with E-state index in [9.17, 15) is 4.79 Å². The molecule has 124 valence electrons. The summed E-state index contributed by atoms with van der Waals surface area (Å²) >= 11 is 0. The van der Waals surface area contributed by atoms with Crippen molar-refractivity contribution in [1.82, 2.24) is 40.1 Å². The Labute approximate surface area is 138 Å². The largest absolute Gasteiger partial charge is 0.349 e. The predicted octanol–water partition coefficient (Wildman–Crippen LogP) is 0.868. The van der Waals surface area contributed by atoms with E-state index in [2.05, 4.69) is 30.8 Å². The number of hydrogen-bond acceptors (Lipinski definition) is 6. The maximum atomic E-state index is 12.4. The number of carbonyl (C=O) groups excluding carboxylic acids is 1. The number of amides is 1. The van der Waals surface area contributed by atoms with Gasteiger partial charge in [-0.3, -0.25) is 4.79 Å². The third-order valence-corrected chi connectivity index (χ3v) is 4.59. The molecule has 4 rings (SSSR count). The third-order valence-electron chi connectivity index (χ3n) is 4.59. The summed E-state index contributed by atoms with van der Waals surface area (Å²) in [6, 6.07) is 2.33. The van der Waals surface area contributed by atoms with Gasteiger partial charge in [0, 0.05) is 25.3 Å². The van der Waals surface area contributed by atoms with Crippen LogP contribution in [0.1, 0.15) is 42.1 Å². The van der Waals surface area contributed by atoms with Crippen LogP contribution in [0, 0.1) is 0 Å². The summed E-state index contributed by atoms with van der Waals surface area (Å²) < 4.78 is 3.63. The van der Waals surface area contributed by atoms with Gasteiger partial charge in [-0.1, -0.05) is 5.21 Å². The molecular weight excluding hydrogens is 308 g/mol. The van der Waals surface area contributed by atoms with Gasteiger partial charge in [0.2, 0.25) is 0 Å². The van der Waals surface area contributed by atoms with Crippen molar-refractivity contribution in [2.24, 2.45) is 7.05 Å². The van der Waals surface area contributed by atoms with Crippen molar-refractivity contribution in [2.45, 2.75) is 37.8 Å². The average Bonchev–Trinajstić information content (AvgIpc) is 3.26. The van der Waals surface area contributed by atoms with Gasteiger partial charge in [-0.2, -0.15) is 0 Å². The molecule has 9 heteroatoms. The summed E-state index contributed by atoms with van der Waals surface area (Å²) in [7, 11) is 1.77. The van der Waals surface area contributed by atoms with Crippen LogP contribution in [0.2, 0.25) is 0 Å². The molecule has 0 unspecified atom stereocenters. The molecule has 1 amide bonds. The molecule has 0 saturated heterocycles. The van der Waals surface area contributed by atoms with Crippen molar-refractivity contribution in [3.8, 4) is 0 Å². The number of rotatable bonds is 3. The van der Waals surface area contributed by atoms with E-state index in [4.69, 9.17) is 0 Å². The smallest absolute Gasteiger partial charge is 0.253 e. The highest BCUT2D eigenvalue weighted by Gasteiger charge is 2.24. The number of hydrogen-bond donors (Lipinski definition) is 1. The number of aromatic nitrogens is 7. The minimum atomic E-state index is -0.109. The molecule has 0 radical (unpaired) electrons. The Morgan fingerprint density at radius 2 is 1.96 bits per heavy atom. The molecular formula is C15H18N8O. The fourth-order valence-electron chi connectivity index (χ4n) is 3.23. The molecule has 0 aromatic carbocycles. The first-order chi connectivity index (χ1) is 11.7. The molecule has 0 spiro atoms. The van der Waals surface area contributed by atoms with Gasteiger partial charge >= 0.3 is 0 Å². The number of fused-ring (bicyclic) bond motifs is 1. The number of pyridine rings is 1. The van der Waals surface area contributed by atoms with E-state index in [1.54, 1.807) is 36.6 Å². The number of nitrogens with zero attached hydrogens (tertiary/aromatic N) is 7. The Morgan fingerprint density at radius 3 is 2.71 bits per heavy atom. The summed E-state index contributed by atoms with van der Waals surface area (Å²) in [5.74, 6) is -0.109. The van der Waals surface area contributed by atoms with Crippen molar-refractivity contribution in [3.05, 3.63) is 30.5 Å². The molecule has 1 fully saturated rings. The van der Waals surface area contributed by atoms with E-state index >= 15 is 0 Å².